The van der Waals surface area contributed by atoms with E-state index in [2.05, 4.69) is 166 Å². The highest BCUT2D eigenvalue weighted by Gasteiger charge is 2.37. The summed E-state index contributed by atoms with van der Waals surface area (Å²) in [5, 5.41) is 12.8. The van der Waals surface area contributed by atoms with E-state index in [1.54, 1.807) is 0 Å². The van der Waals surface area contributed by atoms with Gasteiger partial charge in [0.2, 0.25) is 0 Å². The van der Waals surface area contributed by atoms with Gasteiger partial charge >= 0.3 is 0 Å². The van der Waals surface area contributed by atoms with Crippen LogP contribution in [0.3, 0.4) is 0 Å². The minimum absolute atomic E-state index is 0.128. The third-order valence-electron chi connectivity index (χ3n) is 12.0. The monoisotopic (exact) mass is 692 g/mol. The molecule has 0 amide bonds. The third kappa shape index (κ3) is 3.91. The second-order valence-electron chi connectivity index (χ2n) is 15.2. The summed E-state index contributed by atoms with van der Waals surface area (Å²) in [6.07, 6.45) is 0. The molecule has 0 N–H and O–H groups in total. The Morgan fingerprint density at radius 1 is 0.415 bits per heavy atom. The molecule has 248 valence electrons. The van der Waals surface area contributed by atoms with Crippen molar-refractivity contribution in [2.75, 3.05) is 0 Å². The van der Waals surface area contributed by atoms with Crippen LogP contribution in [0.25, 0.3) is 108 Å². The number of benzene rings is 9. The maximum atomic E-state index is 6.23. The summed E-state index contributed by atoms with van der Waals surface area (Å²) in [6, 6.07) is 58.5. The number of thiophene rings is 1. The average molecular weight is 693 g/mol. The van der Waals surface area contributed by atoms with Gasteiger partial charge in [0, 0.05) is 36.4 Å². The lowest BCUT2D eigenvalue weighted by Crippen LogP contribution is -2.15. The zero-order chi connectivity index (χ0) is 35.0. The molecule has 1 aliphatic carbocycles. The number of hydrogen-bond donors (Lipinski definition) is 0. The molecule has 1 nitrogen and oxygen atoms in total. The molecule has 1 aliphatic rings. The van der Waals surface area contributed by atoms with Gasteiger partial charge in [0.25, 0.3) is 0 Å². The van der Waals surface area contributed by atoms with E-state index in [1.807, 2.05) is 17.4 Å². The smallest absolute Gasteiger partial charge is 0.135 e. The van der Waals surface area contributed by atoms with Gasteiger partial charge in [-0.3, -0.25) is 0 Å². The van der Waals surface area contributed by atoms with Crippen molar-refractivity contribution in [2.45, 2.75) is 19.3 Å². The SMILES string of the molecule is CC1(C)c2ccc(-c3c4ccccc4c(-c4ccc5oc6ccccc6c5c4)c4ccccc34)cc2-c2ccc3c(ccc4c5ccccc5sc34)c21. The van der Waals surface area contributed by atoms with Crippen LogP contribution in [-0.2, 0) is 5.41 Å². The molecular weight excluding hydrogens is 661 g/mol. The quantitative estimate of drug-likeness (QED) is 0.164. The highest BCUT2D eigenvalue weighted by Crippen LogP contribution is 2.54. The lowest BCUT2D eigenvalue weighted by atomic mass is 9.79. The van der Waals surface area contributed by atoms with Crippen LogP contribution in [0.2, 0.25) is 0 Å². The Morgan fingerprint density at radius 3 is 1.70 bits per heavy atom. The zero-order valence-corrected chi connectivity index (χ0v) is 30.1. The van der Waals surface area contributed by atoms with Crippen molar-refractivity contribution in [2.24, 2.45) is 0 Å². The maximum Gasteiger partial charge on any atom is 0.135 e. The summed E-state index contributed by atoms with van der Waals surface area (Å²) in [4.78, 5) is 0. The summed E-state index contributed by atoms with van der Waals surface area (Å²) < 4.78 is 8.96. The summed E-state index contributed by atoms with van der Waals surface area (Å²) in [6.45, 7) is 4.82. The summed E-state index contributed by atoms with van der Waals surface area (Å²) in [5.41, 5.74) is 12.2. The van der Waals surface area contributed by atoms with E-state index >= 15 is 0 Å². The number of fused-ring (bicyclic) bond motifs is 14. The Hall–Kier alpha value is -6.22. The molecule has 0 atom stereocenters. The number of para-hydroxylation sites is 1. The highest BCUT2D eigenvalue weighted by molar-refractivity contribution is 7.26. The van der Waals surface area contributed by atoms with E-state index in [0.29, 0.717) is 0 Å². The van der Waals surface area contributed by atoms with Crippen LogP contribution in [0.1, 0.15) is 25.0 Å². The molecule has 12 rings (SSSR count). The van der Waals surface area contributed by atoms with Crippen molar-refractivity contribution in [3.8, 4) is 33.4 Å². The lowest BCUT2D eigenvalue weighted by molar-refractivity contribution is 0.666. The summed E-state index contributed by atoms with van der Waals surface area (Å²) in [7, 11) is 0. The van der Waals surface area contributed by atoms with Crippen molar-refractivity contribution in [1.82, 2.24) is 0 Å². The topological polar surface area (TPSA) is 13.1 Å². The lowest BCUT2D eigenvalue weighted by Gasteiger charge is -2.23. The van der Waals surface area contributed by atoms with Crippen LogP contribution in [0.4, 0.5) is 0 Å². The molecule has 0 aliphatic heterocycles. The molecule has 11 aromatic rings. The molecule has 0 spiro atoms. The molecule has 0 saturated heterocycles. The van der Waals surface area contributed by atoms with Crippen LogP contribution in [0.5, 0.6) is 0 Å². The van der Waals surface area contributed by atoms with E-state index in [1.165, 1.54) is 97.0 Å². The fourth-order valence-corrected chi connectivity index (χ4v) is 11.0. The van der Waals surface area contributed by atoms with Gasteiger partial charge < -0.3 is 4.42 Å². The Bertz CT molecular complexity index is 3320. The molecule has 9 aromatic carbocycles. The molecule has 0 unspecified atom stereocenters. The van der Waals surface area contributed by atoms with Crippen LogP contribution in [0.15, 0.2) is 162 Å². The van der Waals surface area contributed by atoms with Gasteiger partial charge in [0.15, 0.2) is 0 Å². The first-order valence-corrected chi connectivity index (χ1v) is 19.2. The maximum absolute atomic E-state index is 6.23. The van der Waals surface area contributed by atoms with E-state index in [0.717, 1.165) is 21.9 Å². The van der Waals surface area contributed by atoms with E-state index in [-0.39, 0.29) is 5.41 Å². The van der Waals surface area contributed by atoms with Crippen molar-refractivity contribution in [3.05, 3.63) is 169 Å². The standard InChI is InChI=1S/C51H32OS/c1-51(2)43-25-19-29(27-41(43)38-22-24-40-37(49(38)51)21-23-39-32-12-8-10-18-46(32)53-50(39)40)47-33-13-3-5-15-35(33)48(36-16-6-4-14-34(36)47)30-20-26-45-42(28-30)31-11-7-9-17-44(31)52-45/h3-28H,1-2H3. The zero-order valence-electron chi connectivity index (χ0n) is 29.3. The van der Waals surface area contributed by atoms with E-state index in [9.17, 15) is 0 Å². The van der Waals surface area contributed by atoms with Crippen LogP contribution in [-0.4, -0.2) is 0 Å². The Kier molecular flexibility index (Phi) is 5.78. The van der Waals surface area contributed by atoms with Crippen LogP contribution >= 0.6 is 11.3 Å². The fraction of sp³-hybridized carbons (Fsp3) is 0.0588. The van der Waals surface area contributed by atoms with Gasteiger partial charge in [0.05, 0.1) is 0 Å². The molecule has 2 heteroatoms. The first kappa shape index (κ1) is 29.4. The summed E-state index contributed by atoms with van der Waals surface area (Å²) in [5.74, 6) is 0. The highest BCUT2D eigenvalue weighted by atomic mass is 32.1. The van der Waals surface area contributed by atoms with Crippen molar-refractivity contribution < 1.29 is 4.42 Å². The first-order valence-electron chi connectivity index (χ1n) is 18.4. The fourth-order valence-electron chi connectivity index (χ4n) is 9.72. The van der Waals surface area contributed by atoms with Gasteiger partial charge in [-0.05, 0) is 107 Å². The van der Waals surface area contributed by atoms with Gasteiger partial charge in [-0.15, -0.1) is 11.3 Å². The Balaban J connectivity index is 1.09. The van der Waals surface area contributed by atoms with Gasteiger partial charge in [-0.2, -0.15) is 0 Å². The number of hydrogen-bond acceptors (Lipinski definition) is 2. The van der Waals surface area contributed by atoms with Gasteiger partial charge in [-0.25, -0.2) is 0 Å². The molecule has 0 saturated carbocycles. The van der Waals surface area contributed by atoms with Crippen LogP contribution in [0, 0.1) is 0 Å². The predicted molar refractivity (Wildman–Crippen MR) is 228 cm³/mol. The predicted octanol–water partition coefficient (Wildman–Crippen LogP) is 15.1. The molecule has 0 radical (unpaired) electrons. The largest absolute Gasteiger partial charge is 0.456 e. The van der Waals surface area contributed by atoms with E-state index < -0.39 is 0 Å². The number of furan rings is 1. The van der Waals surface area contributed by atoms with Crippen molar-refractivity contribution in [3.63, 3.8) is 0 Å². The minimum Gasteiger partial charge on any atom is -0.456 e. The van der Waals surface area contributed by atoms with Crippen LogP contribution < -0.4 is 0 Å². The van der Waals surface area contributed by atoms with Crippen molar-refractivity contribution >= 4 is 85.8 Å². The normalized spacial score (nSPS) is 13.6. The number of rotatable bonds is 2. The van der Waals surface area contributed by atoms with Crippen molar-refractivity contribution in [1.29, 1.82) is 0 Å². The Morgan fingerprint density at radius 2 is 0.962 bits per heavy atom. The second kappa shape index (κ2) is 10.4. The molecule has 2 heterocycles. The molecular formula is C51H32OS. The average Bonchev–Trinajstić information content (AvgIpc) is 3.84. The van der Waals surface area contributed by atoms with Gasteiger partial charge in [-0.1, -0.05) is 141 Å². The molecule has 2 aromatic heterocycles. The second-order valence-corrected chi connectivity index (χ2v) is 16.2. The molecule has 0 bridgehead atoms. The molecule has 53 heavy (non-hydrogen) atoms. The summed E-state index contributed by atoms with van der Waals surface area (Å²) >= 11 is 1.92. The minimum atomic E-state index is -0.128. The van der Waals surface area contributed by atoms with Gasteiger partial charge in [0.1, 0.15) is 11.2 Å². The molecule has 0 fully saturated rings. The third-order valence-corrected chi connectivity index (χ3v) is 13.3. The van der Waals surface area contributed by atoms with E-state index in [4.69, 9.17) is 4.42 Å². The first-order chi connectivity index (χ1) is 26.0. The Labute approximate surface area is 310 Å².